The van der Waals surface area contributed by atoms with Gasteiger partial charge in [-0.2, -0.15) is 0 Å². The summed E-state index contributed by atoms with van der Waals surface area (Å²) < 4.78 is 6.46. The normalized spacial score (nSPS) is 15.2. The van der Waals surface area contributed by atoms with Crippen molar-refractivity contribution in [2.24, 2.45) is 0 Å². The van der Waals surface area contributed by atoms with Crippen molar-refractivity contribution in [1.29, 1.82) is 0 Å². The largest absolute Gasteiger partial charge is 0.491 e. The minimum absolute atomic E-state index is 0.0913. The highest BCUT2D eigenvalue weighted by Gasteiger charge is 2.21. The zero-order chi connectivity index (χ0) is 13.1. The van der Waals surface area contributed by atoms with Gasteiger partial charge in [0.2, 0.25) is 0 Å². The molecule has 0 atom stereocenters. The van der Waals surface area contributed by atoms with Crippen LogP contribution in [0.3, 0.4) is 0 Å². The molecule has 0 N–H and O–H groups in total. The van der Waals surface area contributed by atoms with Crippen molar-refractivity contribution in [2.45, 2.75) is 32.8 Å². The lowest BCUT2D eigenvalue weighted by molar-refractivity contribution is 0.0791. The molecule has 1 heterocycles. The Morgan fingerprint density at radius 2 is 2.00 bits per heavy atom. The summed E-state index contributed by atoms with van der Waals surface area (Å²) >= 11 is 3.44. The highest BCUT2D eigenvalue weighted by molar-refractivity contribution is 9.10. The first-order valence-corrected chi connectivity index (χ1v) is 7.12. The number of benzene rings is 1. The molecule has 0 unspecified atom stereocenters. The Balaban J connectivity index is 2.22. The molecule has 0 spiro atoms. The van der Waals surface area contributed by atoms with Gasteiger partial charge in [-0.3, -0.25) is 4.79 Å². The first-order valence-electron chi connectivity index (χ1n) is 6.33. The van der Waals surface area contributed by atoms with Crippen molar-refractivity contribution in [3.05, 3.63) is 28.2 Å². The molecule has 4 heteroatoms. The molecule has 1 aliphatic heterocycles. The molecular formula is C14H18BrNO2. The Hall–Kier alpha value is -1.03. The maximum absolute atomic E-state index is 12.3. The molecule has 3 nitrogen and oxygen atoms in total. The van der Waals surface area contributed by atoms with Gasteiger partial charge in [-0.25, -0.2) is 0 Å². The number of halogens is 1. The molecule has 0 aliphatic carbocycles. The average molecular weight is 312 g/mol. The molecule has 18 heavy (non-hydrogen) atoms. The first-order chi connectivity index (χ1) is 8.58. The van der Waals surface area contributed by atoms with Crippen LogP contribution in [0, 0.1) is 0 Å². The molecule has 1 fully saturated rings. The number of rotatable bonds is 3. The van der Waals surface area contributed by atoms with E-state index in [-0.39, 0.29) is 12.0 Å². The third-order valence-corrected chi connectivity index (χ3v) is 3.62. The van der Waals surface area contributed by atoms with E-state index in [2.05, 4.69) is 15.9 Å². The van der Waals surface area contributed by atoms with E-state index in [1.54, 1.807) is 0 Å². The van der Waals surface area contributed by atoms with Gasteiger partial charge in [-0.15, -0.1) is 0 Å². The van der Waals surface area contributed by atoms with Crippen LogP contribution in [-0.4, -0.2) is 30.0 Å². The highest BCUT2D eigenvalue weighted by atomic mass is 79.9. The molecule has 0 radical (unpaired) electrons. The summed E-state index contributed by atoms with van der Waals surface area (Å²) in [5.41, 5.74) is 0.690. The fraction of sp³-hybridized carbons (Fsp3) is 0.500. The van der Waals surface area contributed by atoms with Crippen LogP contribution in [0.15, 0.2) is 22.7 Å². The Labute approximate surface area is 116 Å². The van der Waals surface area contributed by atoms with Crippen molar-refractivity contribution in [3.8, 4) is 5.75 Å². The molecule has 1 amide bonds. The highest BCUT2D eigenvalue weighted by Crippen LogP contribution is 2.25. The second-order valence-corrected chi connectivity index (χ2v) is 5.66. The number of carbonyl (C=O) groups is 1. The third kappa shape index (κ3) is 3.05. The fourth-order valence-electron chi connectivity index (χ4n) is 2.10. The van der Waals surface area contributed by atoms with E-state index in [1.807, 2.05) is 36.9 Å². The van der Waals surface area contributed by atoms with Crippen LogP contribution in [0.4, 0.5) is 0 Å². The van der Waals surface area contributed by atoms with Gasteiger partial charge in [-0.05, 0) is 60.8 Å². The van der Waals surface area contributed by atoms with Crippen molar-refractivity contribution < 1.29 is 9.53 Å². The van der Waals surface area contributed by atoms with Crippen LogP contribution >= 0.6 is 15.9 Å². The van der Waals surface area contributed by atoms with Crippen LogP contribution < -0.4 is 4.74 Å². The maximum atomic E-state index is 12.3. The SMILES string of the molecule is CC(C)Oc1ccc(Br)c(C(=O)N2CCCC2)c1. The van der Waals surface area contributed by atoms with E-state index >= 15 is 0 Å². The number of carbonyl (C=O) groups excluding carboxylic acids is 1. The quantitative estimate of drug-likeness (QED) is 0.855. The van der Waals surface area contributed by atoms with Crippen molar-refractivity contribution in [3.63, 3.8) is 0 Å². The molecule has 0 aromatic heterocycles. The molecule has 1 saturated heterocycles. The smallest absolute Gasteiger partial charge is 0.255 e. The summed E-state index contributed by atoms with van der Waals surface area (Å²) in [7, 11) is 0. The van der Waals surface area contributed by atoms with E-state index in [4.69, 9.17) is 4.74 Å². The molecule has 1 aliphatic rings. The van der Waals surface area contributed by atoms with Gasteiger partial charge >= 0.3 is 0 Å². The molecule has 0 bridgehead atoms. The predicted octanol–water partition coefficient (Wildman–Crippen LogP) is 3.47. The minimum atomic E-state index is 0.0913. The Morgan fingerprint density at radius 1 is 1.33 bits per heavy atom. The van der Waals surface area contributed by atoms with E-state index in [0.29, 0.717) is 5.56 Å². The summed E-state index contributed by atoms with van der Waals surface area (Å²) in [6, 6.07) is 5.58. The summed E-state index contributed by atoms with van der Waals surface area (Å²) in [4.78, 5) is 14.2. The van der Waals surface area contributed by atoms with Crippen LogP contribution in [0.2, 0.25) is 0 Å². The molecule has 0 saturated carbocycles. The van der Waals surface area contributed by atoms with Gasteiger partial charge in [0.05, 0.1) is 11.7 Å². The van der Waals surface area contributed by atoms with Crippen LogP contribution in [0.25, 0.3) is 0 Å². The predicted molar refractivity (Wildman–Crippen MR) is 75.0 cm³/mol. The van der Waals surface area contributed by atoms with Gasteiger partial charge in [0.25, 0.3) is 5.91 Å². The van der Waals surface area contributed by atoms with Gasteiger partial charge in [0.15, 0.2) is 0 Å². The van der Waals surface area contributed by atoms with Crippen molar-refractivity contribution >= 4 is 21.8 Å². The van der Waals surface area contributed by atoms with Crippen molar-refractivity contribution in [2.75, 3.05) is 13.1 Å². The number of ether oxygens (including phenoxy) is 1. The monoisotopic (exact) mass is 311 g/mol. The summed E-state index contributed by atoms with van der Waals surface area (Å²) in [6.07, 6.45) is 2.32. The molecular weight excluding hydrogens is 294 g/mol. The van der Waals surface area contributed by atoms with Crippen LogP contribution in [0.5, 0.6) is 5.75 Å². The van der Waals surface area contributed by atoms with E-state index < -0.39 is 0 Å². The first kappa shape index (κ1) is 13.4. The summed E-state index contributed by atoms with van der Waals surface area (Å²) in [6.45, 7) is 5.68. The number of hydrogen-bond donors (Lipinski definition) is 0. The van der Waals surface area contributed by atoms with Gasteiger partial charge in [0, 0.05) is 17.6 Å². The topological polar surface area (TPSA) is 29.5 Å². The number of amides is 1. The van der Waals surface area contributed by atoms with Crippen molar-refractivity contribution in [1.82, 2.24) is 4.90 Å². The number of likely N-dealkylation sites (tertiary alicyclic amines) is 1. The molecule has 1 aromatic rings. The van der Waals surface area contributed by atoms with Gasteiger partial charge < -0.3 is 9.64 Å². The Morgan fingerprint density at radius 3 is 2.61 bits per heavy atom. The molecule has 98 valence electrons. The summed E-state index contributed by atoms with van der Waals surface area (Å²) in [5, 5.41) is 0. The van der Waals surface area contributed by atoms with E-state index in [1.165, 1.54) is 0 Å². The summed E-state index contributed by atoms with van der Waals surface area (Å²) in [5.74, 6) is 0.837. The van der Waals surface area contributed by atoms with E-state index in [9.17, 15) is 4.79 Å². The molecule has 2 rings (SSSR count). The minimum Gasteiger partial charge on any atom is -0.491 e. The number of nitrogens with zero attached hydrogens (tertiary/aromatic N) is 1. The van der Waals surface area contributed by atoms with Gasteiger partial charge in [0.1, 0.15) is 5.75 Å². The Bertz CT molecular complexity index is 439. The molecule has 1 aromatic carbocycles. The zero-order valence-corrected chi connectivity index (χ0v) is 12.4. The Kier molecular flexibility index (Phi) is 4.27. The lowest BCUT2D eigenvalue weighted by Crippen LogP contribution is -2.27. The lowest BCUT2D eigenvalue weighted by atomic mass is 10.2. The fourth-order valence-corrected chi connectivity index (χ4v) is 2.52. The second kappa shape index (κ2) is 5.74. The van der Waals surface area contributed by atoms with E-state index in [0.717, 1.165) is 36.2 Å². The van der Waals surface area contributed by atoms with Crippen LogP contribution in [0.1, 0.15) is 37.0 Å². The maximum Gasteiger partial charge on any atom is 0.255 e. The zero-order valence-electron chi connectivity index (χ0n) is 10.8. The second-order valence-electron chi connectivity index (χ2n) is 4.81. The van der Waals surface area contributed by atoms with Gasteiger partial charge in [-0.1, -0.05) is 0 Å². The standard InChI is InChI=1S/C14H18BrNO2/c1-10(2)18-11-5-6-13(15)12(9-11)14(17)16-7-3-4-8-16/h5-6,9-10H,3-4,7-8H2,1-2H3. The lowest BCUT2D eigenvalue weighted by Gasteiger charge is -2.17. The number of hydrogen-bond acceptors (Lipinski definition) is 2. The average Bonchev–Trinajstić information content (AvgIpc) is 2.83. The van der Waals surface area contributed by atoms with Crippen LogP contribution in [-0.2, 0) is 0 Å². The third-order valence-electron chi connectivity index (χ3n) is 2.93.